The minimum Gasteiger partial charge on any atom is -0.374 e. The molecule has 1 fully saturated rings. The Morgan fingerprint density at radius 3 is 2.43 bits per heavy atom. The molecule has 21 heavy (non-hydrogen) atoms. The number of nitrogens with zero attached hydrogens (tertiary/aromatic N) is 1. The van der Waals surface area contributed by atoms with Crippen molar-refractivity contribution >= 4 is 0 Å². The number of rotatable bonds is 6. The van der Waals surface area contributed by atoms with Gasteiger partial charge in [-0.15, -0.1) is 0 Å². The number of aryl methyl sites for hydroxylation is 1. The van der Waals surface area contributed by atoms with E-state index in [4.69, 9.17) is 10.00 Å². The van der Waals surface area contributed by atoms with Crippen molar-refractivity contribution < 1.29 is 4.74 Å². The van der Waals surface area contributed by atoms with Gasteiger partial charge in [0, 0.05) is 6.08 Å². The molecule has 112 valence electrons. The van der Waals surface area contributed by atoms with E-state index in [9.17, 15) is 0 Å². The van der Waals surface area contributed by atoms with Gasteiger partial charge >= 0.3 is 0 Å². The first-order chi connectivity index (χ1) is 10.3. The number of ether oxygens (including phenoxy) is 1. The molecule has 0 heterocycles. The Morgan fingerprint density at radius 1 is 1.14 bits per heavy atom. The van der Waals surface area contributed by atoms with Gasteiger partial charge in [0.2, 0.25) is 0 Å². The van der Waals surface area contributed by atoms with E-state index in [2.05, 4.69) is 37.3 Å². The molecule has 1 aliphatic carbocycles. The molecular weight excluding hydrogens is 258 g/mol. The zero-order valence-corrected chi connectivity index (χ0v) is 12.9. The highest BCUT2D eigenvalue weighted by Crippen LogP contribution is 2.27. The van der Waals surface area contributed by atoms with E-state index in [1.165, 1.54) is 17.5 Å². The summed E-state index contributed by atoms with van der Waals surface area (Å²) in [7, 11) is 0. The Labute approximate surface area is 128 Å². The Kier molecular flexibility index (Phi) is 6.50. The summed E-state index contributed by atoms with van der Waals surface area (Å²) in [5, 5.41) is 8.55. The smallest absolute Gasteiger partial charge is 0.0908 e. The lowest BCUT2D eigenvalue weighted by Crippen LogP contribution is -2.20. The first-order valence-electron chi connectivity index (χ1n) is 8.07. The quantitative estimate of drug-likeness (QED) is 0.703. The number of hydrogen-bond acceptors (Lipinski definition) is 2. The van der Waals surface area contributed by atoms with Crippen molar-refractivity contribution in [3.63, 3.8) is 0 Å². The van der Waals surface area contributed by atoms with Crippen molar-refractivity contribution in [1.29, 1.82) is 5.26 Å². The second kappa shape index (κ2) is 8.64. The molecule has 0 spiro atoms. The lowest BCUT2D eigenvalue weighted by molar-refractivity contribution is 0.0110. The summed E-state index contributed by atoms with van der Waals surface area (Å²) in [4.78, 5) is 0. The molecule has 0 bridgehead atoms. The highest BCUT2D eigenvalue weighted by atomic mass is 16.5. The summed E-state index contributed by atoms with van der Waals surface area (Å²) in [6, 6.07) is 10.9. The standard InChI is InChI=1S/C19H25NO/c1-2-4-16-6-8-18(9-7-16)15-21-19-12-10-17(11-13-19)5-3-14-20/h3,5-9,17,19H,2,4,10-13,15H2,1H3/t17-,19-. The van der Waals surface area contributed by atoms with E-state index in [1.807, 2.05) is 6.08 Å². The van der Waals surface area contributed by atoms with Crippen LogP contribution >= 0.6 is 0 Å². The van der Waals surface area contributed by atoms with E-state index in [1.54, 1.807) is 6.08 Å². The molecule has 0 amide bonds. The fraction of sp³-hybridized carbons (Fsp3) is 0.526. The van der Waals surface area contributed by atoms with Crippen molar-refractivity contribution in [1.82, 2.24) is 0 Å². The first kappa shape index (κ1) is 15.8. The van der Waals surface area contributed by atoms with Crippen molar-refractivity contribution in [2.24, 2.45) is 5.92 Å². The largest absolute Gasteiger partial charge is 0.374 e. The molecule has 0 N–H and O–H groups in total. The van der Waals surface area contributed by atoms with E-state index in [-0.39, 0.29) is 0 Å². The van der Waals surface area contributed by atoms with E-state index in [0.717, 1.165) is 38.7 Å². The van der Waals surface area contributed by atoms with Gasteiger partial charge in [-0.3, -0.25) is 0 Å². The maximum absolute atomic E-state index is 8.55. The van der Waals surface area contributed by atoms with E-state index < -0.39 is 0 Å². The molecule has 2 nitrogen and oxygen atoms in total. The molecule has 2 heteroatoms. The number of benzene rings is 1. The van der Waals surface area contributed by atoms with Gasteiger partial charge in [-0.1, -0.05) is 43.7 Å². The van der Waals surface area contributed by atoms with Gasteiger partial charge in [-0.05, 0) is 49.1 Å². The summed E-state index contributed by atoms with van der Waals surface area (Å²) >= 11 is 0. The fourth-order valence-electron chi connectivity index (χ4n) is 2.93. The lowest BCUT2D eigenvalue weighted by Gasteiger charge is -2.26. The predicted molar refractivity (Wildman–Crippen MR) is 85.7 cm³/mol. The number of hydrogen-bond donors (Lipinski definition) is 0. The third kappa shape index (κ3) is 5.36. The summed E-state index contributed by atoms with van der Waals surface area (Å²) in [6.07, 6.45) is 10.9. The van der Waals surface area contributed by atoms with E-state index >= 15 is 0 Å². The Morgan fingerprint density at radius 2 is 1.81 bits per heavy atom. The van der Waals surface area contributed by atoms with Crippen molar-refractivity contribution in [3.8, 4) is 6.07 Å². The monoisotopic (exact) mass is 283 g/mol. The fourth-order valence-corrected chi connectivity index (χ4v) is 2.93. The highest BCUT2D eigenvalue weighted by molar-refractivity contribution is 5.22. The van der Waals surface area contributed by atoms with Gasteiger partial charge in [0.25, 0.3) is 0 Å². The van der Waals surface area contributed by atoms with Gasteiger partial charge < -0.3 is 4.74 Å². The maximum atomic E-state index is 8.55. The highest BCUT2D eigenvalue weighted by Gasteiger charge is 2.19. The van der Waals surface area contributed by atoms with Gasteiger partial charge in [-0.2, -0.15) is 5.26 Å². The molecule has 0 aliphatic heterocycles. The predicted octanol–water partition coefficient (Wildman–Crippen LogP) is 4.79. The van der Waals surface area contributed by atoms with Crippen LogP contribution in [0.15, 0.2) is 36.4 Å². The minimum atomic E-state index is 0.382. The van der Waals surface area contributed by atoms with Gasteiger partial charge in [0.05, 0.1) is 18.8 Å². The van der Waals surface area contributed by atoms with Crippen LogP contribution in [0.2, 0.25) is 0 Å². The van der Waals surface area contributed by atoms with Gasteiger partial charge in [0.1, 0.15) is 0 Å². The molecule has 1 aliphatic rings. The summed E-state index contributed by atoms with van der Waals surface area (Å²) in [5.41, 5.74) is 2.67. The van der Waals surface area contributed by atoms with Crippen LogP contribution in [0.3, 0.4) is 0 Å². The minimum absolute atomic E-state index is 0.382. The molecule has 0 saturated heterocycles. The third-order valence-electron chi connectivity index (χ3n) is 4.21. The SMILES string of the molecule is CCCc1ccc(CO[C@H]2CC[C@H](C=CC#N)CC2)cc1. The summed E-state index contributed by atoms with van der Waals surface area (Å²) < 4.78 is 6.03. The number of nitriles is 1. The molecule has 0 radical (unpaired) electrons. The van der Waals surface area contributed by atoms with Crippen LogP contribution in [0.1, 0.15) is 50.2 Å². The second-order valence-electron chi connectivity index (χ2n) is 5.90. The van der Waals surface area contributed by atoms with Crippen molar-refractivity contribution in [2.45, 2.75) is 58.2 Å². The molecule has 2 rings (SSSR count). The molecule has 1 aromatic rings. The van der Waals surface area contributed by atoms with Crippen LogP contribution < -0.4 is 0 Å². The van der Waals surface area contributed by atoms with Crippen LogP contribution in [0.25, 0.3) is 0 Å². The lowest BCUT2D eigenvalue weighted by atomic mass is 9.87. The Balaban J connectivity index is 1.72. The average Bonchev–Trinajstić information content (AvgIpc) is 2.53. The zero-order valence-electron chi connectivity index (χ0n) is 12.9. The molecule has 0 aromatic heterocycles. The van der Waals surface area contributed by atoms with Crippen LogP contribution in [-0.2, 0) is 17.8 Å². The van der Waals surface area contributed by atoms with Gasteiger partial charge in [0.15, 0.2) is 0 Å². The molecule has 0 unspecified atom stereocenters. The van der Waals surface area contributed by atoms with Crippen LogP contribution in [-0.4, -0.2) is 6.10 Å². The van der Waals surface area contributed by atoms with Gasteiger partial charge in [-0.25, -0.2) is 0 Å². The van der Waals surface area contributed by atoms with Crippen molar-refractivity contribution in [2.75, 3.05) is 0 Å². The van der Waals surface area contributed by atoms with Crippen molar-refractivity contribution in [3.05, 3.63) is 47.5 Å². The Hall–Kier alpha value is -1.59. The van der Waals surface area contributed by atoms with E-state index in [0.29, 0.717) is 12.0 Å². The number of allylic oxidation sites excluding steroid dienone is 2. The normalized spacial score (nSPS) is 22.3. The van der Waals surface area contributed by atoms with Crippen LogP contribution in [0.5, 0.6) is 0 Å². The molecular formula is C19H25NO. The molecule has 0 atom stereocenters. The molecule has 1 aromatic carbocycles. The Bertz CT molecular complexity index is 475. The summed E-state index contributed by atoms with van der Waals surface area (Å²) in [5.74, 6) is 0.567. The van der Waals surface area contributed by atoms with Crippen LogP contribution in [0, 0.1) is 17.2 Å². The second-order valence-corrected chi connectivity index (χ2v) is 5.90. The maximum Gasteiger partial charge on any atom is 0.0908 e. The zero-order chi connectivity index (χ0) is 14.9. The van der Waals surface area contributed by atoms with Crippen LogP contribution in [0.4, 0.5) is 0 Å². The third-order valence-corrected chi connectivity index (χ3v) is 4.21. The topological polar surface area (TPSA) is 33.0 Å². The summed E-state index contributed by atoms with van der Waals surface area (Å²) in [6.45, 7) is 2.93. The average molecular weight is 283 g/mol. The molecule has 1 saturated carbocycles. The first-order valence-corrected chi connectivity index (χ1v) is 8.07.